The highest BCUT2D eigenvalue weighted by Crippen LogP contribution is 2.20. The van der Waals surface area contributed by atoms with Crippen LogP contribution >= 0.6 is 11.6 Å². The molecular formula is C12H15ClN2O2. The first-order chi connectivity index (χ1) is 8.08. The van der Waals surface area contributed by atoms with Gasteiger partial charge in [-0.2, -0.15) is 0 Å². The standard InChI is InChI=1S/C12H15ClN2O2/c1-8-7-15(4-5-17-8)12(16)10-3-2-9(13)6-11(10)14/h2-3,6,8H,4-5,7,14H2,1H3. The van der Waals surface area contributed by atoms with E-state index in [1.54, 1.807) is 23.1 Å². The van der Waals surface area contributed by atoms with Crippen molar-refractivity contribution in [3.8, 4) is 0 Å². The molecule has 0 radical (unpaired) electrons. The molecule has 4 nitrogen and oxygen atoms in total. The van der Waals surface area contributed by atoms with Gasteiger partial charge in [-0.1, -0.05) is 11.6 Å². The van der Waals surface area contributed by atoms with E-state index in [1.807, 2.05) is 6.92 Å². The summed E-state index contributed by atoms with van der Waals surface area (Å²) in [5.41, 5.74) is 6.72. The number of nitrogens with two attached hydrogens (primary N) is 1. The molecule has 0 spiro atoms. The lowest BCUT2D eigenvalue weighted by Crippen LogP contribution is -2.44. The van der Waals surface area contributed by atoms with E-state index in [4.69, 9.17) is 22.1 Å². The average molecular weight is 255 g/mol. The quantitative estimate of drug-likeness (QED) is 0.778. The van der Waals surface area contributed by atoms with Crippen molar-refractivity contribution in [2.45, 2.75) is 13.0 Å². The summed E-state index contributed by atoms with van der Waals surface area (Å²) in [6.07, 6.45) is 0.0706. The number of anilines is 1. The van der Waals surface area contributed by atoms with Gasteiger partial charge in [-0.25, -0.2) is 0 Å². The lowest BCUT2D eigenvalue weighted by molar-refractivity contribution is -0.0123. The number of benzene rings is 1. The van der Waals surface area contributed by atoms with Gasteiger partial charge in [0, 0.05) is 23.8 Å². The molecule has 1 saturated heterocycles. The minimum atomic E-state index is -0.0608. The molecule has 0 aliphatic carbocycles. The number of halogens is 1. The van der Waals surface area contributed by atoms with Crippen molar-refractivity contribution in [2.75, 3.05) is 25.4 Å². The third-order valence-corrected chi connectivity index (χ3v) is 3.01. The Morgan fingerprint density at radius 1 is 1.59 bits per heavy atom. The zero-order chi connectivity index (χ0) is 12.4. The highest BCUT2D eigenvalue weighted by atomic mass is 35.5. The fourth-order valence-electron chi connectivity index (χ4n) is 1.90. The Hall–Kier alpha value is -1.26. The minimum absolute atomic E-state index is 0.0608. The highest BCUT2D eigenvalue weighted by Gasteiger charge is 2.23. The molecule has 1 unspecified atom stereocenters. The normalized spacial score (nSPS) is 20.4. The van der Waals surface area contributed by atoms with Crippen LogP contribution < -0.4 is 5.73 Å². The summed E-state index contributed by atoms with van der Waals surface area (Å²) in [4.78, 5) is 14.0. The second-order valence-electron chi connectivity index (χ2n) is 4.16. The van der Waals surface area contributed by atoms with Crippen molar-refractivity contribution in [3.05, 3.63) is 28.8 Å². The Morgan fingerprint density at radius 3 is 3.00 bits per heavy atom. The smallest absolute Gasteiger partial charge is 0.256 e. The van der Waals surface area contributed by atoms with Crippen LogP contribution in [0.4, 0.5) is 5.69 Å². The zero-order valence-corrected chi connectivity index (χ0v) is 10.4. The van der Waals surface area contributed by atoms with Gasteiger partial charge in [0.25, 0.3) is 5.91 Å². The molecule has 1 aliphatic rings. The van der Waals surface area contributed by atoms with Gasteiger partial charge in [0.1, 0.15) is 0 Å². The molecule has 0 saturated carbocycles. The average Bonchev–Trinajstić information content (AvgIpc) is 2.28. The maximum atomic E-state index is 12.2. The monoisotopic (exact) mass is 254 g/mol. The lowest BCUT2D eigenvalue weighted by atomic mass is 10.1. The van der Waals surface area contributed by atoms with Crippen LogP contribution in [0.2, 0.25) is 5.02 Å². The van der Waals surface area contributed by atoms with E-state index < -0.39 is 0 Å². The van der Waals surface area contributed by atoms with Crippen LogP contribution in [0, 0.1) is 0 Å². The molecule has 1 aromatic rings. The summed E-state index contributed by atoms with van der Waals surface area (Å²) in [5, 5.41) is 0.536. The molecule has 1 amide bonds. The largest absolute Gasteiger partial charge is 0.398 e. The molecule has 1 fully saturated rings. The topological polar surface area (TPSA) is 55.6 Å². The third kappa shape index (κ3) is 2.70. The Labute approximate surface area is 105 Å². The first kappa shape index (κ1) is 12.2. The fourth-order valence-corrected chi connectivity index (χ4v) is 2.08. The maximum absolute atomic E-state index is 12.2. The van der Waals surface area contributed by atoms with E-state index in [2.05, 4.69) is 0 Å². The SMILES string of the molecule is CC1CN(C(=O)c2ccc(Cl)cc2N)CCO1. The molecule has 1 heterocycles. The van der Waals surface area contributed by atoms with Crippen LogP contribution in [0.25, 0.3) is 0 Å². The molecule has 0 aromatic heterocycles. The summed E-state index contributed by atoms with van der Waals surface area (Å²) >= 11 is 5.81. The van der Waals surface area contributed by atoms with Crippen LogP contribution in [-0.4, -0.2) is 36.6 Å². The predicted octanol–water partition coefficient (Wildman–Crippen LogP) is 1.78. The molecule has 1 atom stereocenters. The summed E-state index contributed by atoms with van der Waals surface area (Å²) in [6, 6.07) is 4.94. The Kier molecular flexibility index (Phi) is 3.54. The molecule has 17 heavy (non-hydrogen) atoms. The van der Waals surface area contributed by atoms with Crippen LogP contribution in [0.5, 0.6) is 0 Å². The summed E-state index contributed by atoms with van der Waals surface area (Å²) in [5.74, 6) is -0.0608. The Bertz CT molecular complexity index is 437. The van der Waals surface area contributed by atoms with Gasteiger partial charge in [0.05, 0.1) is 18.3 Å². The van der Waals surface area contributed by atoms with Crippen molar-refractivity contribution >= 4 is 23.2 Å². The molecule has 2 rings (SSSR count). The van der Waals surface area contributed by atoms with Crippen molar-refractivity contribution in [1.82, 2.24) is 4.90 Å². The van der Waals surface area contributed by atoms with Crippen molar-refractivity contribution in [1.29, 1.82) is 0 Å². The predicted molar refractivity (Wildman–Crippen MR) is 67.2 cm³/mol. The number of ether oxygens (including phenoxy) is 1. The summed E-state index contributed by atoms with van der Waals surface area (Å²) in [6.45, 7) is 3.72. The summed E-state index contributed by atoms with van der Waals surface area (Å²) < 4.78 is 5.40. The van der Waals surface area contributed by atoms with Gasteiger partial charge in [0.15, 0.2) is 0 Å². The van der Waals surface area contributed by atoms with Crippen molar-refractivity contribution in [2.24, 2.45) is 0 Å². The molecule has 1 aliphatic heterocycles. The number of hydrogen-bond donors (Lipinski definition) is 1. The first-order valence-corrected chi connectivity index (χ1v) is 5.91. The first-order valence-electron chi connectivity index (χ1n) is 5.54. The van der Waals surface area contributed by atoms with E-state index in [1.165, 1.54) is 0 Å². The third-order valence-electron chi connectivity index (χ3n) is 2.77. The minimum Gasteiger partial charge on any atom is -0.398 e. The van der Waals surface area contributed by atoms with Gasteiger partial charge in [-0.05, 0) is 25.1 Å². The van der Waals surface area contributed by atoms with E-state index in [-0.39, 0.29) is 12.0 Å². The molecule has 92 valence electrons. The van der Waals surface area contributed by atoms with Gasteiger partial charge < -0.3 is 15.4 Å². The van der Waals surface area contributed by atoms with Crippen LogP contribution in [0.15, 0.2) is 18.2 Å². The number of carbonyl (C=O) groups is 1. The Morgan fingerprint density at radius 2 is 2.35 bits per heavy atom. The lowest BCUT2D eigenvalue weighted by Gasteiger charge is -2.31. The fraction of sp³-hybridized carbons (Fsp3) is 0.417. The second-order valence-corrected chi connectivity index (χ2v) is 4.60. The number of rotatable bonds is 1. The molecule has 0 bridgehead atoms. The highest BCUT2D eigenvalue weighted by molar-refractivity contribution is 6.31. The van der Waals surface area contributed by atoms with Crippen LogP contribution in [0.1, 0.15) is 17.3 Å². The maximum Gasteiger partial charge on any atom is 0.256 e. The zero-order valence-electron chi connectivity index (χ0n) is 9.65. The van der Waals surface area contributed by atoms with Gasteiger partial charge >= 0.3 is 0 Å². The summed E-state index contributed by atoms with van der Waals surface area (Å²) in [7, 11) is 0. The number of morpholine rings is 1. The molecule has 5 heteroatoms. The van der Waals surface area contributed by atoms with Gasteiger partial charge in [-0.15, -0.1) is 0 Å². The number of nitrogens with zero attached hydrogens (tertiary/aromatic N) is 1. The molecule has 1 aromatic carbocycles. The van der Waals surface area contributed by atoms with E-state index in [0.29, 0.717) is 36.0 Å². The van der Waals surface area contributed by atoms with E-state index in [9.17, 15) is 4.79 Å². The van der Waals surface area contributed by atoms with Crippen molar-refractivity contribution < 1.29 is 9.53 Å². The van der Waals surface area contributed by atoms with Crippen LogP contribution in [-0.2, 0) is 4.74 Å². The number of hydrogen-bond acceptors (Lipinski definition) is 3. The number of amides is 1. The van der Waals surface area contributed by atoms with Crippen molar-refractivity contribution in [3.63, 3.8) is 0 Å². The second kappa shape index (κ2) is 4.94. The van der Waals surface area contributed by atoms with Crippen LogP contribution in [0.3, 0.4) is 0 Å². The Balaban J connectivity index is 2.18. The number of carbonyl (C=O) groups excluding carboxylic acids is 1. The van der Waals surface area contributed by atoms with E-state index in [0.717, 1.165) is 0 Å². The molecule has 2 N–H and O–H groups in total. The number of nitrogen functional groups attached to an aromatic ring is 1. The van der Waals surface area contributed by atoms with Gasteiger partial charge in [0.2, 0.25) is 0 Å². The van der Waals surface area contributed by atoms with E-state index >= 15 is 0 Å². The molecular weight excluding hydrogens is 240 g/mol. The van der Waals surface area contributed by atoms with Gasteiger partial charge in [-0.3, -0.25) is 4.79 Å².